The molecule has 0 N–H and O–H groups in total. The number of aromatic nitrogens is 2. The van der Waals surface area contributed by atoms with Crippen molar-refractivity contribution in [3.63, 3.8) is 0 Å². The summed E-state index contributed by atoms with van der Waals surface area (Å²) in [4.78, 5) is 26.2. The van der Waals surface area contributed by atoms with Crippen LogP contribution >= 0.6 is 11.6 Å². The van der Waals surface area contributed by atoms with E-state index >= 15 is 0 Å². The number of anilines is 1. The van der Waals surface area contributed by atoms with Gasteiger partial charge in [-0.1, -0.05) is 11.6 Å². The molecular formula is C16H16ClN3O2. The third-order valence-corrected chi connectivity index (χ3v) is 4.44. The van der Waals surface area contributed by atoms with Crippen molar-refractivity contribution in [1.82, 2.24) is 9.78 Å². The number of amides is 2. The first-order chi connectivity index (χ1) is 10.4. The van der Waals surface area contributed by atoms with E-state index in [4.69, 9.17) is 11.6 Å². The quantitative estimate of drug-likeness (QED) is 0.800. The number of hydrogen-bond donors (Lipinski definition) is 0. The second kappa shape index (κ2) is 5.25. The largest absolute Gasteiger partial charge is 0.274 e. The summed E-state index contributed by atoms with van der Waals surface area (Å²) >= 11 is 5.85. The van der Waals surface area contributed by atoms with Gasteiger partial charge in [0, 0.05) is 10.7 Å². The number of imide groups is 1. The van der Waals surface area contributed by atoms with Crippen LogP contribution in [0.2, 0.25) is 5.02 Å². The van der Waals surface area contributed by atoms with E-state index in [0.717, 1.165) is 17.0 Å². The van der Waals surface area contributed by atoms with Crippen molar-refractivity contribution >= 4 is 29.1 Å². The Bertz CT molecular complexity index is 764. The second-order valence-corrected chi connectivity index (χ2v) is 5.94. The molecule has 0 aliphatic carbocycles. The first-order valence-electron chi connectivity index (χ1n) is 7.05. The van der Waals surface area contributed by atoms with Gasteiger partial charge in [-0.05, 0) is 50.6 Å². The molecule has 1 aliphatic rings. The number of hydrogen-bond acceptors (Lipinski definition) is 3. The van der Waals surface area contributed by atoms with Crippen LogP contribution in [0.1, 0.15) is 29.4 Å². The molecule has 1 aromatic carbocycles. The number of halogens is 1. The topological polar surface area (TPSA) is 55.2 Å². The molecule has 0 radical (unpaired) electrons. The van der Waals surface area contributed by atoms with E-state index in [1.807, 2.05) is 20.8 Å². The van der Waals surface area contributed by atoms with Crippen molar-refractivity contribution in [2.24, 2.45) is 0 Å². The van der Waals surface area contributed by atoms with Crippen molar-refractivity contribution < 1.29 is 9.59 Å². The molecule has 1 aromatic heterocycles. The SMILES string of the molecule is Cc1nn(C2CC(=O)N(c3ccc(Cl)cc3)C2=O)c(C)c1C. The van der Waals surface area contributed by atoms with Crippen molar-refractivity contribution in [1.29, 1.82) is 0 Å². The lowest BCUT2D eigenvalue weighted by Crippen LogP contribution is -2.31. The Morgan fingerprint density at radius 2 is 1.77 bits per heavy atom. The Hall–Kier alpha value is -2.14. The highest BCUT2D eigenvalue weighted by atomic mass is 35.5. The summed E-state index contributed by atoms with van der Waals surface area (Å²) in [5.41, 5.74) is 3.38. The van der Waals surface area contributed by atoms with Crippen LogP contribution < -0.4 is 4.90 Å². The van der Waals surface area contributed by atoms with Gasteiger partial charge in [-0.2, -0.15) is 5.10 Å². The van der Waals surface area contributed by atoms with Gasteiger partial charge in [0.2, 0.25) is 5.91 Å². The lowest BCUT2D eigenvalue weighted by molar-refractivity contribution is -0.122. The summed E-state index contributed by atoms with van der Waals surface area (Å²) in [7, 11) is 0. The molecule has 1 aliphatic heterocycles. The molecule has 114 valence electrons. The number of carbonyl (C=O) groups excluding carboxylic acids is 2. The average molecular weight is 318 g/mol. The van der Waals surface area contributed by atoms with Crippen LogP contribution in [0.3, 0.4) is 0 Å². The molecule has 1 saturated heterocycles. The highest BCUT2D eigenvalue weighted by Crippen LogP contribution is 2.31. The van der Waals surface area contributed by atoms with Gasteiger partial charge in [0.25, 0.3) is 5.91 Å². The minimum Gasteiger partial charge on any atom is -0.274 e. The molecule has 2 amide bonds. The van der Waals surface area contributed by atoms with E-state index in [2.05, 4.69) is 5.10 Å². The summed E-state index contributed by atoms with van der Waals surface area (Å²) in [5.74, 6) is -0.472. The summed E-state index contributed by atoms with van der Waals surface area (Å²) in [5, 5.41) is 4.98. The molecule has 22 heavy (non-hydrogen) atoms. The molecule has 5 nitrogen and oxygen atoms in total. The third kappa shape index (κ3) is 2.22. The zero-order valence-corrected chi connectivity index (χ0v) is 13.4. The van der Waals surface area contributed by atoms with Crippen LogP contribution in [0.25, 0.3) is 0 Å². The molecule has 6 heteroatoms. The zero-order valence-electron chi connectivity index (χ0n) is 12.6. The number of nitrogens with zero attached hydrogens (tertiary/aromatic N) is 3. The Balaban J connectivity index is 1.97. The predicted molar refractivity (Wildman–Crippen MR) is 84.0 cm³/mol. The minimum absolute atomic E-state index is 0.128. The van der Waals surface area contributed by atoms with Gasteiger partial charge < -0.3 is 0 Å². The van der Waals surface area contributed by atoms with Gasteiger partial charge in [-0.15, -0.1) is 0 Å². The monoisotopic (exact) mass is 317 g/mol. The van der Waals surface area contributed by atoms with E-state index in [9.17, 15) is 9.59 Å². The van der Waals surface area contributed by atoms with E-state index in [0.29, 0.717) is 10.7 Å². The highest BCUT2D eigenvalue weighted by Gasteiger charge is 2.41. The van der Waals surface area contributed by atoms with E-state index in [-0.39, 0.29) is 18.2 Å². The van der Waals surface area contributed by atoms with Crippen molar-refractivity contribution in [3.05, 3.63) is 46.2 Å². The van der Waals surface area contributed by atoms with E-state index in [1.54, 1.807) is 28.9 Å². The van der Waals surface area contributed by atoms with Gasteiger partial charge in [0.05, 0.1) is 17.8 Å². The first kappa shape index (κ1) is 14.8. The Morgan fingerprint density at radius 3 is 2.32 bits per heavy atom. The average Bonchev–Trinajstić information content (AvgIpc) is 2.91. The normalized spacial score (nSPS) is 18.4. The summed E-state index contributed by atoms with van der Waals surface area (Å²) < 4.78 is 1.67. The molecular weight excluding hydrogens is 302 g/mol. The number of benzene rings is 1. The molecule has 2 aromatic rings. The van der Waals surface area contributed by atoms with Crippen LogP contribution in [0.15, 0.2) is 24.3 Å². The zero-order chi connectivity index (χ0) is 16.0. The molecule has 0 spiro atoms. The van der Waals surface area contributed by atoms with Crippen molar-refractivity contribution in [2.75, 3.05) is 4.90 Å². The van der Waals surface area contributed by atoms with Crippen molar-refractivity contribution in [2.45, 2.75) is 33.2 Å². The van der Waals surface area contributed by atoms with Crippen LogP contribution in [0, 0.1) is 20.8 Å². The standard InChI is InChI=1S/C16H16ClN3O2/c1-9-10(2)18-20(11(9)3)14-8-15(21)19(16(14)22)13-6-4-12(17)5-7-13/h4-7,14H,8H2,1-3H3. The van der Waals surface area contributed by atoms with Crippen LogP contribution in [0.4, 0.5) is 5.69 Å². The van der Waals surface area contributed by atoms with E-state index < -0.39 is 6.04 Å². The molecule has 3 rings (SSSR count). The second-order valence-electron chi connectivity index (χ2n) is 5.50. The van der Waals surface area contributed by atoms with Crippen molar-refractivity contribution in [3.8, 4) is 0 Å². The molecule has 1 atom stereocenters. The number of carbonyl (C=O) groups is 2. The Morgan fingerprint density at radius 1 is 1.14 bits per heavy atom. The summed E-state index contributed by atoms with van der Waals surface area (Å²) in [6.45, 7) is 5.78. The number of rotatable bonds is 2. The first-order valence-corrected chi connectivity index (χ1v) is 7.42. The predicted octanol–water partition coefficient (Wildman–Crippen LogP) is 2.97. The Labute approximate surface area is 133 Å². The van der Waals surface area contributed by atoms with Gasteiger partial charge in [0.1, 0.15) is 6.04 Å². The lowest BCUT2D eigenvalue weighted by atomic mass is 10.2. The van der Waals surface area contributed by atoms with Gasteiger partial charge >= 0.3 is 0 Å². The molecule has 1 unspecified atom stereocenters. The summed E-state index contributed by atoms with van der Waals surface area (Å²) in [6.07, 6.45) is 0.128. The highest BCUT2D eigenvalue weighted by molar-refractivity contribution is 6.30. The smallest absolute Gasteiger partial charge is 0.259 e. The maximum absolute atomic E-state index is 12.7. The third-order valence-electron chi connectivity index (χ3n) is 4.19. The maximum atomic E-state index is 12.7. The van der Waals surface area contributed by atoms with Crippen LogP contribution in [-0.4, -0.2) is 21.6 Å². The Kier molecular flexibility index (Phi) is 3.53. The lowest BCUT2D eigenvalue weighted by Gasteiger charge is -2.16. The van der Waals surface area contributed by atoms with Crippen LogP contribution in [-0.2, 0) is 9.59 Å². The fourth-order valence-corrected chi connectivity index (χ4v) is 2.84. The fraction of sp³-hybridized carbons (Fsp3) is 0.312. The van der Waals surface area contributed by atoms with Crippen LogP contribution in [0.5, 0.6) is 0 Å². The number of aryl methyl sites for hydroxylation is 1. The van der Waals surface area contributed by atoms with Gasteiger partial charge in [0.15, 0.2) is 0 Å². The van der Waals surface area contributed by atoms with E-state index in [1.165, 1.54) is 4.90 Å². The molecule has 1 fully saturated rings. The molecule has 0 bridgehead atoms. The van der Waals surface area contributed by atoms with Gasteiger partial charge in [-0.25, -0.2) is 4.90 Å². The molecule has 0 saturated carbocycles. The van der Waals surface area contributed by atoms with Gasteiger partial charge in [-0.3, -0.25) is 14.3 Å². The fourth-order valence-electron chi connectivity index (χ4n) is 2.72. The maximum Gasteiger partial charge on any atom is 0.259 e. The molecule has 2 heterocycles. The minimum atomic E-state index is -0.574. The summed E-state index contributed by atoms with van der Waals surface area (Å²) in [6, 6.07) is 6.10.